The normalized spacial score (nSPS) is 21.2. The number of sulfonamides is 1. The molecule has 2 aliphatic heterocycles. The van der Waals surface area contributed by atoms with Crippen LogP contribution in [0.2, 0.25) is 0 Å². The van der Waals surface area contributed by atoms with Gasteiger partial charge in [-0.2, -0.15) is 4.31 Å². The van der Waals surface area contributed by atoms with Crippen molar-refractivity contribution in [3.8, 4) is 5.75 Å². The van der Waals surface area contributed by atoms with Gasteiger partial charge in [0.25, 0.3) is 0 Å². The van der Waals surface area contributed by atoms with Crippen molar-refractivity contribution < 1.29 is 22.7 Å². The van der Waals surface area contributed by atoms with Gasteiger partial charge in [-0.25, -0.2) is 8.42 Å². The Hall–Kier alpha value is -1.68. The van der Waals surface area contributed by atoms with Crippen molar-refractivity contribution in [2.24, 2.45) is 5.92 Å². The lowest BCUT2D eigenvalue weighted by Crippen LogP contribution is -2.47. The summed E-state index contributed by atoms with van der Waals surface area (Å²) in [6.07, 6.45) is 1.35. The van der Waals surface area contributed by atoms with Gasteiger partial charge in [0.2, 0.25) is 15.9 Å². The van der Waals surface area contributed by atoms with Gasteiger partial charge in [0, 0.05) is 39.3 Å². The van der Waals surface area contributed by atoms with Crippen molar-refractivity contribution >= 4 is 15.9 Å². The summed E-state index contributed by atoms with van der Waals surface area (Å²) in [6.45, 7) is 9.21. The number of benzene rings is 1. The van der Waals surface area contributed by atoms with Crippen molar-refractivity contribution in [2.45, 2.75) is 37.5 Å². The van der Waals surface area contributed by atoms with Crippen LogP contribution in [0.5, 0.6) is 5.75 Å². The molecule has 0 spiro atoms. The zero-order valence-electron chi connectivity index (χ0n) is 18.8. The molecule has 2 saturated heterocycles. The monoisotopic (exact) mass is 453 g/mol. The fourth-order valence-corrected chi connectivity index (χ4v) is 5.79. The van der Waals surface area contributed by atoms with Gasteiger partial charge < -0.3 is 14.8 Å². The molecule has 2 fully saturated rings. The maximum Gasteiger partial charge on any atom is 0.246 e. The van der Waals surface area contributed by atoms with E-state index in [1.165, 1.54) is 11.4 Å². The number of hydrogen-bond donors (Lipinski definition) is 1. The third-order valence-electron chi connectivity index (χ3n) is 6.06. The number of nitrogens with zero attached hydrogens (tertiary/aromatic N) is 2. The molecule has 1 aromatic carbocycles. The lowest BCUT2D eigenvalue weighted by Gasteiger charge is -2.32. The van der Waals surface area contributed by atoms with Gasteiger partial charge in [0.15, 0.2) is 0 Å². The Morgan fingerprint density at radius 2 is 2.00 bits per heavy atom. The Kier molecular flexibility index (Phi) is 8.32. The van der Waals surface area contributed by atoms with Gasteiger partial charge in [0.05, 0.1) is 26.2 Å². The van der Waals surface area contributed by atoms with Crippen LogP contribution in [-0.2, 0) is 19.6 Å². The Balaban J connectivity index is 1.65. The Labute approximate surface area is 185 Å². The van der Waals surface area contributed by atoms with E-state index in [0.29, 0.717) is 31.7 Å². The molecule has 9 heteroatoms. The molecule has 174 valence electrons. The number of amides is 1. The largest absolute Gasteiger partial charge is 0.495 e. The van der Waals surface area contributed by atoms with Crippen LogP contribution in [0.4, 0.5) is 0 Å². The lowest BCUT2D eigenvalue weighted by molar-refractivity contribution is -0.126. The molecule has 2 heterocycles. The highest BCUT2D eigenvalue weighted by atomic mass is 32.2. The van der Waals surface area contributed by atoms with Gasteiger partial charge in [0.1, 0.15) is 10.6 Å². The van der Waals surface area contributed by atoms with Crippen molar-refractivity contribution in [3.05, 3.63) is 23.8 Å². The summed E-state index contributed by atoms with van der Waals surface area (Å²) in [6, 6.07) is 5.30. The minimum atomic E-state index is -3.76. The van der Waals surface area contributed by atoms with Gasteiger partial charge in [-0.15, -0.1) is 0 Å². The number of piperidine rings is 1. The van der Waals surface area contributed by atoms with Crippen LogP contribution >= 0.6 is 0 Å². The second-order valence-corrected chi connectivity index (χ2v) is 10.4. The molecule has 0 aromatic heterocycles. The topological polar surface area (TPSA) is 88.2 Å². The molecule has 2 aliphatic rings. The number of hydrogen-bond acceptors (Lipinski definition) is 6. The third kappa shape index (κ3) is 5.97. The molecule has 3 rings (SSSR count). The summed E-state index contributed by atoms with van der Waals surface area (Å²) < 4.78 is 39.0. The van der Waals surface area contributed by atoms with E-state index in [-0.39, 0.29) is 29.2 Å². The van der Waals surface area contributed by atoms with Crippen LogP contribution < -0.4 is 10.1 Å². The standard InChI is InChI=1S/C22H35N3O5S/c1-17(2)18-6-7-20(29-3)21(15-18)31(27,28)25-9-4-5-19(16-25)22(26)23-8-10-24-11-13-30-14-12-24/h6-7,15,17,19H,4-5,8-14,16H2,1-3H3,(H,23,26)/t19-/m0/s1. The summed E-state index contributed by atoms with van der Waals surface area (Å²) >= 11 is 0. The minimum Gasteiger partial charge on any atom is -0.495 e. The van der Waals surface area contributed by atoms with Crippen LogP contribution in [0.15, 0.2) is 23.1 Å². The van der Waals surface area contributed by atoms with Crippen LogP contribution in [-0.4, -0.2) is 83.1 Å². The van der Waals surface area contributed by atoms with Crippen LogP contribution in [0.25, 0.3) is 0 Å². The first-order valence-corrected chi connectivity index (χ1v) is 12.5. The second-order valence-electron chi connectivity index (χ2n) is 8.51. The minimum absolute atomic E-state index is 0.0731. The van der Waals surface area contributed by atoms with E-state index in [0.717, 1.165) is 38.4 Å². The summed E-state index contributed by atoms with van der Waals surface area (Å²) in [5.74, 6) is 0.122. The Morgan fingerprint density at radius 1 is 1.26 bits per heavy atom. The van der Waals surface area contributed by atoms with E-state index in [4.69, 9.17) is 9.47 Å². The molecule has 1 amide bonds. The van der Waals surface area contributed by atoms with Gasteiger partial charge in [-0.05, 0) is 36.5 Å². The molecule has 0 radical (unpaired) electrons. The molecule has 31 heavy (non-hydrogen) atoms. The van der Waals surface area contributed by atoms with E-state index in [9.17, 15) is 13.2 Å². The Morgan fingerprint density at radius 3 is 2.68 bits per heavy atom. The first kappa shape index (κ1) is 24.0. The first-order chi connectivity index (χ1) is 14.8. The number of rotatable bonds is 8. The van der Waals surface area contributed by atoms with E-state index in [2.05, 4.69) is 10.2 Å². The van der Waals surface area contributed by atoms with Crippen LogP contribution in [0.1, 0.15) is 38.2 Å². The van der Waals surface area contributed by atoms with Crippen molar-refractivity contribution in [1.29, 1.82) is 0 Å². The summed E-state index contributed by atoms with van der Waals surface area (Å²) in [4.78, 5) is 15.1. The highest BCUT2D eigenvalue weighted by Gasteiger charge is 2.35. The predicted octanol–water partition coefficient (Wildman–Crippen LogP) is 1.67. The molecule has 1 N–H and O–H groups in total. The SMILES string of the molecule is COc1ccc(C(C)C)cc1S(=O)(=O)N1CCC[C@H](C(=O)NCCN2CCOCC2)C1. The van der Waals surface area contributed by atoms with Crippen LogP contribution in [0, 0.1) is 5.92 Å². The van der Waals surface area contributed by atoms with Gasteiger partial charge in [-0.1, -0.05) is 19.9 Å². The van der Waals surface area contributed by atoms with E-state index < -0.39 is 10.0 Å². The zero-order chi connectivity index (χ0) is 22.4. The highest BCUT2D eigenvalue weighted by Crippen LogP contribution is 2.32. The molecule has 0 unspecified atom stereocenters. The average Bonchev–Trinajstić information content (AvgIpc) is 2.79. The van der Waals surface area contributed by atoms with E-state index in [1.807, 2.05) is 19.9 Å². The number of morpholine rings is 1. The molecular formula is C22H35N3O5S. The molecular weight excluding hydrogens is 418 g/mol. The van der Waals surface area contributed by atoms with Gasteiger partial charge in [-0.3, -0.25) is 9.69 Å². The third-order valence-corrected chi connectivity index (χ3v) is 7.94. The van der Waals surface area contributed by atoms with Crippen molar-refractivity contribution in [2.75, 3.05) is 59.6 Å². The molecule has 0 saturated carbocycles. The maximum absolute atomic E-state index is 13.4. The quantitative estimate of drug-likeness (QED) is 0.644. The number of nitrogens with one attached hydrogen (secondary N) is 1. The number of methoxy groups -OCH3 is 1. The predicted molar refractivity (Wildman–Crippen MR) is 119 cm³/mol. The summed E-state index contributed by atoms with van der Waals surface area (Å²) in [5.41, 5.74) is 0.939. The molecule has 1 atom stereocenters. The number of carbonyl (C=O) groups excluding carboxylic acids is 1. The van der Waals surface area contributed by atoms with Crippen molar-refractivity contribution in [3.63, 3.8) is 0 Å². The lowest BCUT2D eigenvalue weighted by atomic mass is 9.99. The highest BCUT2D eigenvalue weighted by molar-refractivity contribution is 7.89. The first-order valence-electron chi connectivity index (χ1n) is 11.1. The maximum atomic E-state index is 13.4. The molecule has 1 aromatic rings. The second kappa shape index (κ2) is 10.8. The zero-order valence-corrected chi connectivity index (χ0v) is 19.6. The molecule has 8 nitrogen and oxygen atoms in total. The van der Waals surface area contributed by atoms with Gasteiger partial charge >= 0.3 is 0 Å². The fraction of sp³-hybridized carbons (Fsp3) is 0.682. The number of carbonyl (C=O) groups is 1. The van der Waals surface area contributed by atoms with E-state index >= 15 is 0 Å². The fourth-order valence-electron chi connectivity index (χ4n) is 4.07. The van der Waals surface area contributed by atoms with E-state index in [1.54, 1.807) is 12.1 Å². The summed E-state index contributed by atoms with van der Waals surface area (Å²) in [5, 5.41) is 2.99. The van der Waals surface area contributed by atoms with Crippen molar-refractivity contribution in [1.82, 2.24) is 14.5 Å². The summed E-state index contributed by atoms with van der Waals surface area (Å²) in [7, 11) is -2.28. The smallest absolute Gasteiger partial charge is 0.246 e. The Bertz CT molecular complexity index is 853. The molecule has 0 aliphatic carbocycles. The average molecular weight is 454 g/mol. The molecule has 0 bridgehead atoms. The van der Waals surface area contributed by atoms with Crippen LogP contribution in [0.3, 0.4) is 0 Å². The number of ether oxygens (including phenoxy) is 2.